The van der Waals surface area contributed by atoms with Gasteiger partial charge in [-0.2, -0.15) is 0 Å². The van der Waals surface area contributed by atoms with E-state index in [2.05, 4.69) is 11.9 Å². The van der Waals surface area contributed by atoms with Crippen molar-refractivity contribution in [2.24, 2.45) is 0 Å². The summed E-state index contributed by atoms with van der Waals surface area (Å²) in [4.78, 5) is 0. The Labute approximate surface area is 126 Å². The van der Waals surface area contributed by atoms with Gasteiger partial charge in [-0.3, -0.25) is 0 Å². The number of nitrogens with one attached hydrogen (secondary N) is 1. The molecular weight excluding hydrogens is 246 g/mol. The van der Waals surface area contributed by atoms with Crippen LogP contribution in [-0.2, 0) is 4.74 Å². The van der Waals surface area contributed by atoms with Gasteiger partial charge in [0.15, 0.2) is 0 Å². The second-order valence-electron chi connectivity index (χ2n) is 6.10. The van der Waals surface area contributed by atoms with E-state index in [9.17, 15) is 0 Å². The third-order valence-electron chi connectivity index (χ3n) is 4.25. The topological polar surface area (TPSA) is 21.3 Å². The van der Waals surface area contributed by atoms with Crippen molar-refractivity contribution in [1.82, 2.24) is 5.32 Å². The van der Waals surface area contributed by atoms with Crippen molar-refractivity contribution in [3.8, 4) is 0 Å². The van der Waals surface area contributed by atoms with Gasteiger partial charge in [-0.1, -0.05) is 63.9 Å². The smallest absolute Gasteiger partial charge is 0.0591 e. The molecule has 0 aromatic carbocycles. The first-order valence-corrected chi connectivity index (χ1v) is 8.85. The molecule has 2 nitrogen and oxygen atoms in total. The van der Waals surface area contributed by atoms with E-state index >= 15 is 0 Å². The summed E-state index contributed by atoms with van der Waals surface area (Å²) in [5.74, 6) is 0. The lowest BCUT2D eigenvalue weighted by atomic mass is 9.98. The molecule has 0 atom stereocenters. The molecule has 118 valence electrons. The van der Waals surface area contributed by atoms with E-state index in [0.29, 0.717) is 0 Å². The number of ether oxygens (including phenoxy) is 1. The lowest BCUT2D eigenvalue weighted by Gasteiger charge is -2.19. The van der Waals surface area contributed by atoms with E-state index in [1.54, 1.807) is 0 Å². The molecule has 20 heavy (non-hydrogen) atoms. The van der Waals surface area contributed by atoms with Crippen LogP contribution in [0.5, 0.6) is 0 Å². The van der Waals surface area contributed by atoms with Gasteiger partial charge in [0.2, 0.25) is 0 Å². The van der Waals surface area contributed by atoms with Gasteiger partial charge in [0.1, 0.15) is 0 Å². The molecule has 1 rings (SSSR count). The van der Waals surface area contributed by atoms with E-state index < -0.39 is 0 Å². The lowest BCUT2D eigenvalue weighted by Crippen LogP contribution is -2.32. The summed E-state index contributed by atoms with van der Waals surface area (Å²) in [5.41, 5.74) is 0. The molecule has 1 N–H and O–H groups in total. The monoisotopic (exact) mass is 281 g/mol. The van der Waals surface area contributed by atoms with Gasteiger partial charge in [-0.25, -0.2) is 0 Å². The van der Waals surface area contributed by atoms with Crippen molar-refractivity contribution in [2.45, 2.75) is 83.1 Å². The van der Waals surface area contributed by atoms with Gasteiger partial charge in [0.05, 0.1) is 13.2 Å². The maximum absolute atomic E-state index is 5.57. The molecule has 1 aliphatic carbocycles. The minimum Gasteiger partial charge on any atom is -0.380 e. The number of hydrogen-bond donors (Lipinski definition) is 1. The molecule has 0 bridgehead atoms. The summed E-state index contributed by atoms with van der Waals surface area (Å²) >= 11 is 0. The van der Waals surface area contributed by atoms with Gasteiger partial charge >= 0.3 is 0 Å². The SMILES string of the molecule is C=CCCOCCNC1CCCCCCCCCCC1. The van der Waals surface area contributed by atoms with Gasteiger partial charge in [0.25, 0.3) is 0 Å². The van der Waals surface area contributed by atoms with Gasteiger partial charge in [-0.05, 0) is 19.3 Å². The highest BCUT2D eigenvalue weighted by Crippen LogP contribution is 2.16. The molecule has 1 aliphatic rings. The predicted octanol–water partition coefficient (Wildman–Crippen LogP) is 4.84. The zero-order valence-electron chi connectivity index (χ0n) is 13.4. The Morgan fingerprint density at radius 1 is 0.850 bits per heavy atom. The fraction of sp³-hybridized carbons (Fsp3) is 0.889. The molecule has 0 heterocycles. The van der Waals surface area contributed by atoms with Crippen LogP contribution < -0.4 is 5.32 Å². The van der Waals surface area contributed by atoms with E-state index in [1.807, 2.05) is 6.08 Å². The zero-order chi connectivity index (χ0) is 14.3. The van der Waals surface area contributed by atoms with Crippen LogP contribution in [0.2, 0.25) is 0 Å². The zero-order valence-corrected chi connectivity index (χ0v) is 13.4. The maximum Gasteiger partial charge on any atom is 0.0591 e. The first-order chi connectivity index (χ1) is 9.93. The molecule has 0 saturated heterocycles. The Bertz CT molecular complexity index is 205. The maximum atomic E-state index is 5.57. The van der Waals surface area contributed by atoms with Crippen molar-refractivity contribution in [3.05, 3.63) is 12.7 Å². The van der Waals surface area contributed by atoms with Crippen molar-refractivity contribution in [3.63, 3.8) is 0 Å². The van der Waals surface area contributed by atoms with Crippen molar-refractivity contribution < 1.29 is 4.74 Å². The molecule has 2 heteroatoms. The lowest BCUT2D eigenvalue weighted by molar-refractivity contribution is 0.137. The van der Waals surface area contributed by atoms with Gasteiger partial charge < -0.3 is 10.1 Å². The van der Waals surface area contributed by atoms with Crippen molar-refractivity contribution in [2.75, 3.05) is 19.8 Å². The van der Waals surface area contributed by atoms with E-state index in [0.717, 1.165) is 32.2 Å². The standard InChI is InChI=1S/C18H35NO/c1-2-3-16-20-17-15-19-18-13-11-9-7-5-4-6-8-10-12-14-18/h2,18-19H,1,3-17H2. The third-order valence-corrected chi connectivity index (χ3v) is 4.25. The second-order valence-corrected chi connectivity index (χ2v) is 6.10. The van der Waals surface area contributed by atoms with Crippen LogP contribution in [-0.4, -0.2) is 25.8 Å². The summed E-state index contributed by atoms with van der Waals surface area (Å²) < 4.78 is 5.57. The molecule has 0 aliphatic heterocycles. The van der Waals surface area contributed by atoms with Crippen LogP contribution in [0.3, 0.4) is 0 Å². The average Bonchev–Trinajstić information content (AvgIpc) is 2.45. The second kappa shape index (κ2) is 13.6. The molecule has 0 radical (unpaired) electrons. The van der Waals surface area contributed by atoms with E-state index in [4.69, 9.17) is 4.74 Å². The Morgan fingerprint density at radius 2 is 1.40 bits per heavy atom. The molecule has 0 aromatic heterocycles. The fourth-order valence-corrected chi connectivity index (χ4v) is 2.97. The molecule has 1 fully saturated rings. The Hall–Kier alpha value is -0.340. The van der Waals surface area contributed by atoms with Crippen LogP contribution in [0.25, 0.3) is 0 Å². The molecule has 0 unspecified atom stereocenters. The van der Waals surface area contributed by atoms with Gasteiger partial charge in [0, 0.05) is 12.6 Å². The van der Waals surface area contributed by atoms with E-state index in [-0.39, 0.29) is 0 Å². The molecular formula is C18H35NO. The predicted molar refractivity (Wildman–Crippen MR) is 88.2 cm³/mol. The van der Waals surface area contributed by atoms with Crippen LogP contribution in [0.1, 0.15) is 77.0 Å². The first-order valence-electron chi connectivity index (χ1n) is 8.85. The fourth-order valence-electron chi connectivity index (χ4n) is 2.97. The Kier molecular flexibility index (Phi) is 12.1. The summed E-state index contributed by atoms with van der Waals surface area (Å²) in [6, 6.07) is 0.720. The highest BCUT2D eigenvalue weighted by molar-refractivity contribution is 4.68. The van der Waals surface area contributed by atoms with Crippen molar-refractivity contribution >= 4 is 0 Å². The Morgan fingerprint density at radius 3 is 1.95 bits per heavy atom. The normalized spacial score (nSPS) is 20.0. The van der Waals surface area contributed by atoms with Gasteiger partial charge in [-0.15, -0.1) is 6.58 Å². The molecule has 0 amide bonds. The van der Waals surface area contributed by atoms with Crippen LogP contribution in [0, 0.1) is 0 Å². The average molecular weight is 281 g/mol. The molecule has 0 spiro atoms. The summed E-state index contributed by atoms with van der Waals surface area (Å²) in [5, 5.41) is 3.70. The minimum atomic E-state index is 0.720. The summed E-state index contributed by atoms with van der Waals surface area (Å²) in [6.07, 6.45) is 18.5. The number of rotatable bonds is 7. The highest BCUT2D eigenvalue weighted by atomic mass is 16.5. The van der Waals surface area contributed by atoms with Crippen LogP contribution >= 0.6 is 0 Å². The van der Waals surface area contributed by atoms with Crippen LogP contribution in [0.4, 0.5) is 0 Å². The third kappa shape index (κ3) is 10.4. The van der Waals surface area contributed by atoms with Crippen molar-refractivity contribution in [1.29, 1.82) is 0 Å². The van der Waals surface area contributed by atoms with Crippen LogP contribution in [0.15, 0.2) is 12.7 Å². The molecule has 1 saturated carbocycles. The quantitative estimate of drug-likeness (QED) is 0.532. The Balaban J connectivity index is 2.09. The number of hydrogen-bond acceptors (Lipinski definition) is 2. The highest BCUT2D eigenvalue weighted by Gasteiger charge is 2.08. The van der Waals surface area contributed by atoms with E-state index in [1.165, 1.54) is 70.6 Å². The molecule has 0 aromatic rings. The summed E-state index contributed by atoms with van der Waals surface area (Å²) in [6.45, 7) is 6.36. The minimum absolute atomic E-state index is 0.720. The first kappa shape index (κ1) is 17.7. The summed E-state index contributed by atoms with van der Waals surface area (Å²) in [7, 11) is 0. The largest absolute Gasteiger partial charge is 0.380 e.